The van der Waals surface area contributed by atoms with Crippen LogP contribution in [0.5, 0.6) is 23.0 Å². The number of hydrogen-bond acceptors (Lipinski definition) is 10. The molecule has 1 aromatic heterocycles. The largest absolute Gasteiger partial charge is 0.497 e. The second-order valence-electron chi connectivity index (χ2n) is 16.8. The SMILES string of the molecule is [C-]#[N+]C1Nc2nc(-c3ccc(-c4ccc(N(c5ccc(OC)cc5)c5ccc(OC)cc5)cc4)cc3)c(-c3ccc(-c4ccc(N(c5ccc(OC)cc5)c5ccc(OC)cc5)cc4)cc3)nc2NC1[N+]#[C-]. The topological polar surface area (TPSA) is 102 Å². The summed E-state index contributed by atoms with van der Waals surface area (Å²) in [6, 6.07) is 65.5. The van der Waals surface area contributed by atoms with E-state index in [1.165, 1.54) is 0 Å². The first-order valence-electron chi connectivity index (χ1n) is 23.1. The number of nitrogens with zero attached hydrogens (tertiary/aromatic N) is 6. The van der Waals surface area contributed by atoms with Crippen LogP contribution in [0.3, 0.4) is 0 Å². The summed E-state index contributed by atoms with van der Waals surface area (Å²) in [6.07, 6.45) is -1.63. The molecular weight excluding hydrogens is 897 g/mol. The van der Waals surface area contributed by atoms with Gasteiger partial charge >= 0.3 is 12.3 Å². The highest BCUT2D eigenvalue weighted by Gasteiger charge is 2.39. The third kappa shape index (κ3) is 9.36. The summed E-state index contributed by atoms with van der Waals surface area (Å²) < 4.78 is 21.8. The summed E-state index contributed by atoms with van der Waals surface area (Å²) in [6.45, 7) is 15.5. The predicted molar refractivity (Wildman–Crippen MR) is 287 cm³/mol. The van der Waals surface area contributed by atoms with Gasteiger partial charge in [-0.3, -0.25) is 20.3 Å². The van der Waals surface area contributed by atoms with Gasteiger partial charge in [0.05, 0.1) is 39.8 Å². The molecule has 0 spiro atoms. The van der Waals surface area contributed by atoms with E-state index in [1.54, 1.807) is 28.4 Å². The van der Waals surface area contributed by atoms with Crippen molar-refractivity contribution in [3.63, 3.8) is 0 Å². The van der Waals surface area contributed by atoms with Crippen molar-refractivity contribution in [3.8, 4) is 67.8 Å². The second kappa shape index (κ2) is 20.4. The lowest BCUT2D eigenvalue weighted by Crippen LogP contribution is -2.39. The van der Waals surface area contributed by atoms with Gasteiger partial charge in [0.15, 0.2) is 11.6 Å². The van der Waals surface area contributed by atoms with E-state index in [-0.39, 0.29) is 0 Å². The highest BCUT2D eigenvalue weighted by molar-refractivity contribution is 5.86. The van der Waals surface area contributed by atoms with Crippen LogP contribution in [0.4, 0.5) is 45.8 Å². The summed E-state index contributed by atoms with van der Waals surface area (Å²) >= 11 is 0. The Balaban J connectivity index is 0.949. The van der Waals surface area contributed by atoms with Gasteiger partial charge < -0.3 is 28.7 Å². The van der Waals surface area contributed by atoms with Gasteiger partial charge in [0, 0.05) is 45.3 Å². The molecule has 0 bridgehead atoms. The van der Waals surface area contributed by atoms with Crippen LogP contribution in [0, 0.1) is 13.1 Å². The number of fused-ring (bicyclic) bond motifs is 1. The molecule has 0 fully saturated rings. The van der Waals surface area contributed by atoms with E-state index in [4.69, 9.17) is 42.1 Å². The van der Waals surface area contributed by atoms with Gasteiger partial charge in [0.25, 0.3) is 0 Å². The fourth-order valence-corrected chi connectivity index (χ4v) is 8.75. The Morgan fingerprint density at radius 1 is 0.333 bits per heavy atom. The van der Waals surface area contributed by atoms with Gasteiger partial charge in [0.2, 0.25) is 0 Å². The third-order valence-corrected chi connectivity index (χ3v) is 12.6. The van der Waals surface area contributed by atoms with Crippen molar-refractivity contribution < 1.29 is 18.9 Å². The van der Waals surface area contributed by atoms with E-state index in [0.29, 0.717) is 23.0 Å². The molecule has 1 aliphatic heterocycles. The first-order chi connectivity index (χ1) is 35.4. The molecule has 10 rings (SSSR count). The smallest absolute Gasteiger partial charge is 0.391 e. The molecule has 0 amide bonds. The van der Waals surface area contributed by atoms with Crippen LogP contribution in [-0.2, 0) is 0 Å². The number of nitrogens with one attached hydrogen (secondary N) is 2. The number of ether oxygens (including phenoxy) is 4. The summed E-state index contributed by atoms with van der Waals surface area (Å²) in [7, 11) is 6.66. The highest BCUT2D eigenvalue weighted by atomic mass is 16.5. The minimum Gasteiger partial charge on any atom is -0.497 e. The highest BCUT2D eigenvalue weighted by Crippen LogP contribution is 2.41. The monoisotopic (exact) mass is 944 g/mol. The minimum atomic E-state index is -0.816. The van der Waals surface area contributed by atoms with Crippen LogP contribution in [0.2, 0.25) is 0 Å². The van der Waals surface area contributed by atoms with E-state index >= 15 is 0 Å². The quantitative estimate of drug-likeness (QED) is 0.102. The summed E-state index contributed by atoms with van der Waals surface area (Å²) in [4.78, 5) is 21.9. The zero-order valence-corrected chi connectivity index (χ0v) is 39.9. The molecule has 352 valence electrons. The average molecular weight is 945 g/mol. The lowest BCUT2D eigenvalue weighted by molar-refractivity contribution is 0.414. The number of hydrogen-bond donors (Lipinski definition) is 2. The number of rotatable bonds is 14. The molecule has 0 aliphatic carbocycles. The van der Waals surface area contributed by atoms with Gasteiger partial charge in [-0.25, -0.2) is 23.1 Å². The van der Waals surface area contributed by atoms with Gasteiger partial charge in [-0.05, 0) is 144 Å². The summed E-state index contributed by atoms with van der Waals surface area (Å²) in [5.74, 6) is 3.97. The Morgan fingerprint density at radius 3 is 0.764 bits per heavy atom. The average Bonchev–Trinajstić information content (AvgIpc) is 3.45. The summed E-state index contributed by atoms with van der Waals surface area (Å²) in [5.41, 5.74) is 13.0. The van der Waals surface area contributed by atoms with Crippen molar-refractivity contribution in [1.82, 2.24) is 9.97 Å². The molecule has 2 unspecified atom stereocenters. The maximum Gasteiger partial charge on any atom is 0.391 e. The molecule has 0 saturated carbocycles. The second-order valence-corrected chi connectivity index (χ2v) is 16.8. The first-order valence-corrected chi connectivity index (χ1v) is 23.1. The number of aromatic nitrogens is 2. The van der Waals surface area contributed by atoms with Gasteiger partial charge in [-0.2, -0.15) is 0 Å². The lowest BCUT2D eigenvalue weighted by Gasteiger charge is -2.26. The third-order valence-electron chi connectivity index (χ3n) is 12.6. The zero-order valence-electron chi connectivity index (χ0n) is 39.9. The Morgan fingerprint density at radius 2 is 0.542 bits per heavy atom. The molecule has 72 heavy (non-hydrogen) atoms. The Hall–Kier alpha value is -9.78. The van der Waals surface area contributed by atoms with Gasteiger partial charge in [0.1, 0.15) is 23.0 Å². The van der Waals surface area contributed by atoms with E-state index in [1.807, 2.05) is 121 Å². The number of anilines is 8. The maximum absolute atomic E-state index is 7.76. The van der Waals surface area contributed by atoms with Crippen molar-refractivity contribution >= 4 is 45.8 Å². The van der Waals surface area contributed by atoms with Crippen molar-refractivity contribution in [2.45, 2.75) is 12.3 Å². The Kier molecular flexibility index (Phi) is 13.1. The maximum atomic E-state index is 7.76. The van der Waals surface area contributed by atoms with Crippen LogP contribution >= 0.6 is 0 Å². The van der Waals surface area contributed by atoms with Crippen molar-refractivity contribution in [2.75, 3.05) is 48.9 Å². The van der Waals surface area contributed by atoms with Crippen molar-refractivity contribution in [2.24, 2.45) is 0 Å². The summed E-state index contributed by atoms with van der Waals surface area (Å²) in [5, 5.41) is 6.32. The molecule has 2 heterocycles. The molecule has 0 radical (unpaired) electrons. The van der Waals surface area contributed by atoms with Crippen molar-refractivity contribution in [3.05, 3.63) is 217 Å². The normalized spacial score (nSPS) is 13.5. The van der Waals surface area contributed by atoms with Crippen LogP contribution in [0.1, 0.15) is 0 Å². The molecule has 12 nitrogen and oxygen atoms in total. The van der Waals surface area contributed by atoms with E-state index < -0.39 is 12.3 Å². The Bertz CT molecular complexity index is 3070. The molecule has 1 aliphatic rings. The van der Waals surface area contributed by atoms with Crippen LogP contribution in [0.15, 0.2) is 194 Å². The standard InChI is InChI=1S/C60H48N8O4/c1-61-57-58(62-2)66-60-59(65-57)63-55(43-11-7-39(8-12-43)41-15-19-45(20-16-41)67(47-23-31-51(69-3)32-24-47)48-25-33-52(70-4)34-26-48)56(64-60)44-13-9-40(10-14-44)42-17-21-46(22-18-42)68(49-27-35-53(71-5)36-28-49)50-29-37-54(72-6)38-30-50/h7-38,57-58H,3-6H3,(H,63,65)(H,64,66). The predicted octanol–water partition coefficient (Wildman–Crippen LogP) is 14.4. The molecule has 9 aromatic rings. The molecule has 12 heteroatoms. The van der Waals surface area contributed by atoms with Crippen LogP contribution < -0.4 is 39.4 Å². The van der Waals surface area contributed by atoms with Gasteiger partial charge in [-0.15, -0.1) is 0 Å². The van der Waals surface area contributed by atoms with E-state index in [0.717, 1.165) is 90.5 Å². The fourth-order valence-electron chi connectivity index (χ4n) is 8.75. The molecule has 2 atom stereocenters. The Labute approximate surface area is 419 Å². The molecule has 2 N–H and O–H groups in total. The van der Waals surface area contributed by atoms with Gasteiger partial charge in [-0.1, -0.05) is 72.8 Å². The zero-order chi connectivity index (χ0) is 49.6. The molecule has 0 saturated heterocycles. The van der Waals surface area contributed by atoms with Crippen molar-refractivity contribution in [1.29, 1.82) is 0 Å². The molecular formula is C60H48N8O4. The van der Waals surface area contributed by atoms with Crippen LogP contribution in [0.25, 0.3) is 54.5 Å². The molecule has 8 aromatic carbocycles. The number of methoxy groups -OCH3 is 4. The van der Waals surface area contributed by atoms with E-state index in [9.17, 15) is 0 Å². The first kappa shape index (κ1) is 46.0. The van der Waals surface area contributed by atoms with Crippen LogP contribution in [-0.4, -0.2) is 50.7 Å². The number of benzene rings is 8. The minimum absolute atomic E-state index is 0.419. The fraction of sp³-hybridized carbons (Fsp3) is 0.100. The lowest BCUT2D eigenvalue weighted by atomic mass is 9.98. The van der Waals surface area contributed by atoms with E-state index in [2.05, 4.69) is 103 Å².